The number of fused-ring (bicyclic) bond motifs is 1. The largest absolute Gasteiger partial charge is 0.271 e. The van der Waals surface area contributed by atoms with Crippen molar-refractivity contribution in [3.63, 3.8) is 0 Å². The molecule has 2 aromatic carbocycles. The SMILES string of the molecule is O=[N+]([O-])c1ccc2c(c1)N(S(=O)(=O)c1ccccc1Cl)CCC2. The molecule has 0 radical (unpaired) electrons. The normalized spacial score (nSPS) is 14.4. The smallest absolute Gasteiger partial charge is 0.266 e. The summed E-state index contributed by atoms with van der Waals surface area (Å²) in [5.41, 5.74) is 0.993. The summed E-state index contributed by atoms with van der Waals surface area (Å²) in [5, 5.41) is 11.1. The first-order valence-corrected chi connectivity index (χ1v) is 8.77. The second-order valence-corrected chi connectivity index (χ2v) is 7.42. The first-order chi connectivity index (χ1) is 10.9. The molecular formula is C15H13ClN2O4S. The molecule has 0 unspecified atom stereocenters. The van der Waals surface area contributed by atoms with Crippen molar-refractivity contribution < 1.29 is 13.3 Å². The molecule has 0 fully saturated rings. The number of rotatable bonds is 3. The van der Waals surface area contributed by atoms with Crippen LogP contribution in [0.5, 0.6) is 0 Å². The van der Waals surface area contributed by atoms with Crippen molar-refractivity contribution in [1.29, 1.82) is 0 Å². The third kappa shape index (κ3) is 2.77. The number of hydrogen-bond donors (Lipinski definition) is 0. The molecule has 120 valence electrons. The van der Waals surface area contributed by atoms with E-state index in [-0.39, 0.29) is 22.2 Å². The van der Waals surface area contributed by atoms with E-state index in [0.29, 0.717) is 18.5 Å². The van der Waals surface area contributed by atoms with Crippen LogP contribution in [0.15, 0.2) is 47.4 Å². The van der Waals surface area contributed by atoms with Crippen LogP contribution in [0.1, 0.15) is 12.0 Å². The number of nitro groups is 1. The molecule has 0 saturated heterocycles. The van der Waals surface area contributed by atoms with Crippen molar-refractivity contribution in [2.45, 2.75) is 17.7 Å². The predicted octanol–water partition coefficient (Wildman–Crippen LogP) is 3.39. The minimum Gasteiger partial charge on any atom is -0.266 e. The van der Waals surface area contributed by atoms with Gasteiger partial charge in [0, 0.05) is 18.7 Å². The maximum atomic E-state index is 12.9. The zero-order valence-electron chi connectivity index (χ0n) is 12.0. The van der Waals surface area contributed by atoms with E-state index in [9.17, 15) is 18.5 Å². The van der Waals surface area contributed by atoms with Gasteiger partial charge in [0.15, 0.2) is 0 Å². The van der Waals surface area contributed by atoms with Crippen LogP contribution in [0, 0.1) is 10.1 Å². The Hall–Kier alpha value is -2.12. The summed E-state index contributed by atoms with van der Waals surface area (Å²) < 4.78 is 27.1. The number of anilines is 1. The standard InChI is InChI=1S/C15H13ClN2O4S/c16-13-5-1-2-6-15(13)23(21,22)17-9-3-4-11-7-8-12(18(19)20)10-14(11)17/h1-2,5-8,10H,3-4,9H2. The highest BCUT2D eigenvalue weighted by atomic mass is 35.5. The molecule has 0 aliphatic carbocycles. The number of sulfonamides is 1. The van der Waals surface area contributed by atoms with Gasteiger partial charge < -0.3 is 0 Å². The average Bonchev–Trinajstić information content (AvgIpc) is 2.53. The lowest BCUT2D eigenvalue weighted by atomic mass is 10.0. The van der Waals surface area contributed by atoms with Gasteiger partial charge in [-0.2, -0.15) is 0 Å². The molecule has 6 nitrogen and oxygen atoms in total. The van der Waals surface area contributed by atoms with E-state index in [1.54, 1.807) is 18.2 Å². The van der Waals surface area contributed by atoms with Crippen LogP contribution in [0.25, 0.3) is 0 Å². The van der Waals surface area contributed by atoms with Crippen molar-refractivity contribution in [1.82, 2.24) is 0 Å². The second kappa shape index (κ2) is 5.82. The molecule has 1 heterocycles. The Bertz CT molecular complexity index is 883. The van der Waals surface area contributed by atoms with Gasteiger partial charge in [-0.25, -0.2) is 8.42 Å². The lowest BCUT2D eigenvalue weighted by Crippen LogP contribution is -2.35. The summed E-state index contributed by atoms with van der Waals surface area (Å²) in [5.74, 6) is 0. The number of benzene rings is 2. The molecule has 1 aliphatic heterocycles. The zero-order valence-corrected chi connectivity index (χ0v) is 13.5. The Morgan fingerprint density at radius 2 is 1.91 bits per heavy atom. The van der Waals surface area contributed by atoms with Crippen LogP contribution in [0.4, 0.5) is 11.4 Å². The van der Waals surface area contributed by atoms with Crippen molar-refractivity contribution in [2.75, 3.05) is 10.8 Å². The van der Waals surface area contributed by atoms with Gasteiger partial charge in [-0.05, 0) is 30.5 Å². The highest BCUT2D eigenvalue weighted by molar-refractivity contribution is 7.93. The second-order valence-electron chi connectivity index (χ2n) is 5.18. The lowest BCUT2D eigenvalue weighted by Gasteiger charge is -2.30. The summed E-state index contributed by atoms with van der Waals surface area (Å²) >= 11 is 6.02. The van der Waals surface area contributed by atoms with E-state index in [1.165, 1.54) is 28.6 Å². The Morgan fingerprint density at radius 3 is 2.61 bits per heavy atom. The van der Waals surface area contributed by atoms with Crippen molar-refractivity contribution >= 4 is 33.0 Å². The Morgan fingerprint density at radius 1 is 1.17 bits per heavy atom. The summed E-state index contributed by atoms with van der Waals surface area (Å²) in [6, 6.07) is 10.5. The van der Waals surface area contributed by atoms with Gasteiger partial charge in [-0.15, -0.1) is 0 Å². The number of hydrogen-bond acceptors (Lipinski definition) is 4. The van der Waals surface area contributed by atoms with Crippen LogP contribution in [-0.2, 0) is 16.4 Å². The van der Waals surface area contributed by atoms with Crippen LogP contribution < -0.4 is 4.31 Å². The lowest BCUT2D eigenvalue weighted by molar-refractivity contribution is -0.384. The molecular weight excluding hydrogens is 340 g/mol. The molecule has 2 aromatic rings. The van der Waals surface area contributed by atoms with E-state index in [4.69, 9.17) is 11.6 Å². The van der Waals surface area contributed by atoms with Gasteiger partial charge in [0.2, 0.25) is 0 Å². The Labute approximate surface area is 138 Å². The number of nitrogens with zero attached hydrogens (tertiary/aromatic N) is 2. The van der Waals surface area contributed by atoms with Crippen LogP contribution in [-0.4, -0.2) is 19.9 Å². The average molecular weight is 353 g/mol. The quantitative estimate of drug-likeness (QED) is 0.626. The van der Waals surface area contributed by atoms with E-state index in [2.05, 4.69) is 0 Å². The molecule has 1 aliphatic rings. The van der Waals surface area contributed by atoms with E-state index in [1.807, 2.05) is 0 Å². The van der Waals surface area contributed by atoms with Crippen molar-refractivity contribution in [2.24, 2.45) is 0 Å². The summed E-state index contributed by atoms with van der Waals surface area (Å²) in [6.07, 6.45) is 1.33. The maximum Gasteiger partial charge on any atom is 0.271 e. The molecule has 0 bridgehead atoms. The molecule has 0 atom stereocenters. The fourth-order valence-electron chi connectivity index (χ4n) is 2.67. The van der Waals surface area contributed by atoms with Gasteiger partial charge in [-0.3, -0.25) is 14.4 Å². The molecule has 3 rings (SSSR count). The third-order valence-electron chi connectivity index (χ3n) is 3.76. The summed E-state index contributed by atoms with van der Waals surface area (Å²) in [6.45, 7) is 0.266. The van der Waals surface area contributed by atoms with Gasteiger partial charge in [0.05, 0.1) is 15.6 Å². The highest BCUT2D eigenvalue weighted by Gasteiger charge is 2.31. The van der Waals surface area contributed by atoms with Crippen LogP contribution in [0.3, 0.4) is 0 Å². The predicted molar refractivity (Wildman–Crippen MR) is 87.4 cm³/mol. The van der Waals surface area contributed by atoms with Gasteiger partial charge >= 0.3 is 0 Å². The van der Waals surface area contributed by atoms with E-state index < -0.39 is 14.9 Å². The van der Waals surface area contributed by atoms with Crippen LogP contribution >= 0.6 is 11.6 Å². The first kappa shape index (κ1) is 15.8. The molecule has 0 N–H and O–H groups in total. The fraction of sp³-hybridized carbons (Fsp3) is 0.200. The minimum atomic E-state index is -3.87. The monoisotopic (exact) mass is 352 g/mol. The summed E-state index contributed by atoms with van der Waals surface area (Å²) in [4.78, 5) is 10.5. The molecule has 8 heteroatoms. The molecule has 0 amide bonds. The minimum absolute atomic E-state index is 0.000947. The number of non-ortho nitro benzene ring substituents is 1. The van der Waals surface area contributed by atoms with Gasteiger partial charge in [0.1, 0.15) is 4.90 Å². The Kier molecular flexibility index (Phi) is 3.99. The Balaban J connectivity index is 2.14. The van der Waals surface area contributed by atoms with Gasteiger partial charge in [-0.1, -0.05) is 29.8 Å². The molecule has 23 heavy (non-hydrogen) atoms. The van der Waals surface area contributed by atoms with Crippen LogP contribution in [0.2, 0.25) is 5.02 Å². The fourth-order valence-corrected chi connectivity index (χ4v) is 4.69. The van der Waals surface area contributed by atoms with Gasteiger partial charge in [0.25, 0.3) is 15.7 Å². The van der Waals surface area contributed by atoms with Crippen molar-refractivity contribution in [3.8, 4) is 0 Å². The number of aryl methyl sites for hydroxylation is 1. The highest BCUT2D eigenvalue weighted by Crippen LogP contribution is 2.36. The van der Waals surface area contributed by atoms with E-state index in [0.717, 1.165) is 5.56 Å². The molecule has 0 spiro atoms. The van der Waals surface area contributed by atoms with Crippen molar-refractivity contribution in [3.05, 3.63) is 63.2 Å². The van der Waals surface area contributed by atoms with E-state index >= 15 is 0 Å². The topological polar surface area (TPSA) is 80.5 Å². The summed E-state index contributed by atoms with van der Waals surface area (Å²) in [7, 11) is -3.87. The number of nitro benzene ring substituents is 1. The molecule has 0 aromatic heterocycles. The third-order valence-corrected chi connectivity index (χ3v) is 6.07. The first-order valence-electron chi connectivity index (χ1n) is 6.96. The molecule has 0 saturated carbocycles. The number of halogens is 1. The maximum absolute atomic E-state index is 12.9. The zero-order chi connectivity index (χ0) is 16.6.